The van der Waals surface area contributed by atoms with Gasteiger partial charge in [0.1, 0.15) is 0 Å². The second-order valence-electron chi connectivity index (χ2n) is 6.08. The summed E-state index contributed by atoms with van der Waals surface area (Å²) in [6.45, 7) is 8.20. The Hall–Kier alpha value is -1.43. The molecule has 1 aliphatic heterocycles. The maximum atomic E-state index is 12.0. The van der Waals surface area contributed by atoms with Gasteiger partial charge in [0.05, 0.1) is 6.54 Å². The first kappa shape index (κ1) is 13.5. The number of hydrogen-bond acceptors (Lipinski definition) is 5. The van der Waals surface area contributed by atoms with Gasteiger partial charge in [0, 0.05) is 38.0 Å². The lowest BCUT2D eigenvalue weighted by Crippen LogP contribution is -2.48. The standard InChI is InChI=1S/C14H22N4O2/c1-10(2)13-15-12(20-16-13)9-17-5-7-18(8-6-17)14(19)11-3-4-11/h10-11H,3-9H2,1-2H3. The zero-order valence-corrected chi connectivity index (χ0v) is 12.2. The third-order valence-corrected chi connectivity index (χ3v) is 3.97. The number of nitrogens with zero attached hydrogens (tertiary/aromatic N) is 4. The van der Waals surface area contributed by atoms with Crippen molar-refractivity contribution in [1.29, 1.82) is 0 Å². The van der Waals surface area contributed by atoms with Crippen LogP contribution in [0.15, 0.2) is 4.52 Å². The van der Waals surface area contributed by atoms with Gasteiger partial charge in [-0.25, -0.2) is 0 Å². The summed E-state index contributed by atoms with van der Waals surface area (Å²) in [6.07, 6.45) is 2.16. The first-order valence-electron chi connectivity index (χ1n) is 7.47. The van der Waals surface area contributed by atoms with Gasteiger partial charge in [-0.05, 0) is 12.8 Å². The van der Waals surface area contributed by atoms with Crippen molar-refractivity contribution in [3.63, 3.8) is 0 Å². The van der Waals surface area contributed by atoms with Crippen molar-refractivity contribution in [2.45, 2.75) is 39.2 Å². The highest BCUT2D eigenvalue weighted by Gasteiger charge is 2.34. The van der Waals surface area contributed by atoms with Crippen LogP contribution in [-0.2, 0) is 11.3 Å². The molecule has 2 aliphatic rings. The molecule has 1 aromatic rings. The normalized spacial score (nSPS) is 20.6. The quantitative estimate of drug-likeness (QED) is 0.829. The smallest absolute Gasteiger partial charge is 0.240 e. The Labute approximate surface area is 119 Å². The molecule has 1 aromatic heterocycles. The van der Waals surface area contributed by atoms with Crippen molar-refractivity contribution in [3.8, 4) is 0 Å². The summed E-state index contributed by atoms with van der Waals surface area (Å²) < 4.78 is 5.27. The topological polar surface area (TPSA) is 62.5 Å². The summed E-state index contributed by atoms with van der Waals surface area (Å²) in [5, 5.41) is 3.98. The van der Waals surface area contributed by atoms with E-state index in [-0.39, 0.29) is 0 Å². The molecule has 2 fully saturated rings. The van der Waals surface area contributed by atoms with Gasteiger partial charge in [-0.15, -0.1) is 0 Å². The fourth-order valence-corrected chi connectivity index (χ4v) is 2.47. The van der Waals surface area contributed by atoms with E-state index in [4.69, 9.17) is 4.52 Å². The van der Waals surface area contributed by atoms with Crippen LogP contribution >= 0.6 is 0 Å². The second kappa shape index (κ2) is 5.52. The Balaban J connectivity index is 1.49. The lowest BCUT2D eigenvalue weighted by molar-refractivity contribution is -0.134. The highest BCUT2D eigenvalue weighted by molar-refractivity contribution is 5.81. The highest BCUT2D eigenvalue weighted by atomic mass is 16.5. The molecular formula is C14H22N4O2. The molecule has 1 saturated carbocycles. The molecule has 0 spiro atoms. The average Bonchev–Trinajstić information content (AvgIpc) is 3.19. The molecule has 110 valence electrons. The number of carbonyl (C=O) groups is 1. The van der Waals surface area contributed by atoms with Crippen molar-refractivity contribution >= 4 is 5.91 Å². The summed E-state index contributed by atoms with van der Waals surface area (Å²) in [6, 6.07) is 0. The minimum absolute atomic E-state index is 0.292. The van der Waals surface area contributed by atoms with Crippen LogP contribution in [0.5, 0.6) is 0 Å². The molecule has 0 radical (unpaired) electrons. The van der Waals surface area contributed by atoms with Gasteiger partial charge >= 0.3 is 0 Å². The number of hydrogen-bond donors (Lipinski definition) is 0. The maximum Gasteiger partial charge on any atom is 0.240 e. The summed E-state index contributed by atoms with van der Waals surface area (Å²) in [5.41, 5.74) is 0. The molecule has 1 aliphatic carbocycles. The molecule has 3 rings (SSSR count). The fourth-order valence-electron chi connectivity index (χ4n) is 2.47. The molecule has 2 heterocycles. The van der Waals surface area contributed by atoms with Crippen LogP contribution in [0.25, 0.3) is 0 Å². The molecule has 0 aromatic carbocycles. The number of amides is 1. The van der Waals surface area contributed by atoms with E-state index in [1.165, 1.54) is 0 Å². The summed E-state index contributed by atoms with van der Waals surface area (Å²) in [4.78, 5) is 20.6. The predicted octanol–water partition coefficient (Wildman–Crippen LogP) is 1.25. The van der Waals surface area contributed by atoms with Gasteiger partial charge in [0.25, 0.3) is 0 Å². The van der Waals surface area contributed by atoms with Gasteiger partial charge < -0.3 is 9.42 Å². The molecule has 6 heteroatoms. The largest absolute Gasteiger partial charge is 0.340 e. The number of piperazine rings is 1. The lowest BCUT2D eigenvalue weighted by Gasteiger charge is -2.34. The van der Waals surface area contributed by atoms with Crippen LogP contribution in [0.4, 0.5) is 0 Å². The highest BCUT2D eigenvalue weighted by Crippen LogP contribution is 2.31. The molecule has 0 N–H and O–H groups in total. The van der Waals surface area contributed by atoms with Gasteiger partial charge in [-0.3, -0.25) is 9.69 Å². The number of rotatable bonds is 4. The van der Waals surface area contributed by atoms with E-state index < -0.39 is 0 Å². The molecule has 1 amide bonds. The van der Waals surface area contributed by atoms with Gasteiger partial charge in [0.15, 0.2) is 5.82 Å². The van der Waals surface area contributed by atoms with Crippen molar-refractivity contribution in [1.82, 2.24) is 19.9 Å². The third-order valence-electron chi connectivity index (χ3n) is 3.97. The lowest BCUT2D eigenvalue weighted by atomic mass is 10.2. The maximum absolute atomic E-state index is 12.0. The number of carbonyl (C=O) groups excluding carboxylic acids is 1. The van der Waals surface area contributed by atoms with Gasteiger partial charge in [0.2, 0.25) is 11.8 Å². The van der Waals surface area contributed by atoms with E-state index in [1.807, 2.05) is 4.90 Å². The SMILES string of the molecule is CC(C)c1noc(CN2CCN(C(=O)C3CC3)CC2)n1. The van der Waals surface area contributed by atoms with E-state index in [1.54, 1.807) is 0 Å². The van der Waals surface area contributed by atoms with E-state index in [0.29, 0.717) is 30.2 Å². The molecule has 1 saturated heterocycles. The Bertz CT molecular complexity index is 473. The first-order valence-corrected chi connectivity index (χ1v) is 7.47. The average molecular weight is 278 g/mol. The summed E-state index contributed by atoms with van der Waals surface area (Å²) in [7, 11) is 0. The van der Waals surface area contributed by atoms with E-state index in [9.17, 15) is 4.79 Å². The Morgan fingerprint density at radius 3 is 2.55 bits per heavy atom. The van der Waals surface area contributed by atoms with Crippen molar-refractivity contribution in [2.24, 2.45) is 5.92 Å². The molecule has 0 unspecified atom stereocenters. The van der Waals surface area contributed by atoms with Gasteiger partial charge in [-0.1, -0.05) is 19.0 Å². The van der Waals surface area contributed by atoms with Crippen LogP contribution in [-0.4, -0.2) is 52.0 Å². The van der Waals surface area contributed by atoms with Crippen molar-refractivity contribution < 1.29 is 9.32 Å². The van der Waals surface area contributed by atoms with E-state index in [0.717, 1.165) is 44.8 Å². The van der Waals surface area contributed by atoms with Crippen LogP contribution in [0.2, 0.25) is 0 Å². The Morgan fingerprint density at radius 2 is 2.00 bits per heavy atom. The number of aromatic nitrogens is 2. The Morgan fingerprint density at radius 1 is 1.30 bits per heavy atom. The van der Waals surface area contributed by atoms with E-state index >= 15 is 0 Å². The minimum atomic E-state index is 0.292. The molecule has 0 bridgehead atoms. The zero-order valence-electron chi connectivity index (χ0n) is 12.2. The minimum Gasteiger partial charge on any atom is -0.340 e. The Kier molecular flexibility index (Phi) is 3.74. The van der Waals surface area contributed by atoms with Crippen molar-refractivity contribution in [3.05, 3.63) is 11.7 Å². The van der Waals surface area contributed by atoms with Crippen molar-refractivity contribution in [2.75, 3.05) is 26.2 Å². The molecule has 6 nitrogen and oxygen atoms in total. The molecule has 0 atom stereocenters. The monoisotopic (exact) mass is 278 g/mol. The summed E-state index contributed by atoms with van der Waals surface area (Å²) >= 11 is 0. The molecule has 20 heavy (non-hydrogen) atoms. The van der Waals surface area contributed by atoms with Crippen LogP contribution in [0.3, 0.4) is 0 Å². The van der Waals surface area contributed by atoms with Crippen LogP contribution in [0.1, 0.15) is 44.3 Å². The van der Waals surface area contributed by atoms with Crippen LogP contribution in [0, 0.1) is 5.92 Å². The second-order valence-corrected chi connectivity index (χ2v) is 6.08. The molecular weight excluding hydrogens is 256 g/mol. The van der Waals surface area contributed by atoms with Crippen LogP contribution < -0.4 is 0 Å². The first-order chi connectivity index (χ1) is 9.63. The zero-order chi connectivity index (χ0) is 14.1. The third kappa shape index (κ3) is 3.00. The fraction of sp³-hybridized carbons (Fsp3) is 0.786. The van der Waals surface area contributed by atoms with E-state index in [2.05, 4.69) is 28.9 Å². The van der Waals surface area contributed by atoms with Gasteiger partial charge in [-0.2, -0.15) is 4.98 Å². The predicted molar refractivity (Wildman–Crippen MR) is 73.0 cm³/mol. The summed E-state index contributed by atoms with van der Waals surface area (Å²) in [5.74, 6) is 2.41.